The van der Waals surface area contributed by atoms with Crippen LogP contribution in [-0.4, -0.2) is 38.4 Å². The van der Waals surface area contributed by atoms with Crippen molar-refractivity contribution in [3.05, 3.63) is 29.3 Å². The average Bonchev–Trinajstić information content (AvgIpc) is 3.18. The lowest BCUT2D eigenvalue weighted by atomic mass is 10.4. The number of benzene rings is 1. The number of nitrogens with one attached hydrogen (secondary N) is 1. The van der Waals surface area contributed by atoms with E-state index in [9.17, 15) is 13.2 Å². The highest BCUT2D eigenvalue weighted by atomic mass is 35.5. The molecule has 1 amide bonds. The Balaban J connectivity index is 1.96. The van der Waals surface area contributed by atoms with Crippen LogP contribution in [0.5, 0.6) is 0 Å². The Hall–Kier alpha value is -1.11. The van der Waals surface area contributed by atoms with E-state index in [2.05, 4.69) is 4.72 Å². The van der Waals surface area contributed by atoms with Gasteiger partial charge in [-0.25, -0.2) is 13.1 Å². The Labute approximate surface area is 124 Å². The molecule has 1 saturated carbocycles. The zero-order chi connectivity index (χ0) is 14.8. The third-order valence-corrected chi connectivity index (χ3v) is 5.12. The molecule has 1 aliphatic carbocycles. The minimum Gasteiger partial charge on any atom is -0.339 e. The quantitative estimate of drug-likeness (QED) is 0.867. The number of rotatable bonds is 6. The lowest BCUT2D eigenvalue weighted by Gasteiger charge is -2.20. The lowest BCUT2D eigenvalue weighted by Crippen LogP contribution is -2.38. The normalized spacial score (nSPS) is 15.1. The Bertz CT molecular complexity index is 599. The van der Waals surface area contributed by atoms with Crippen LogP contribution in [0, 0.1) is 0 Å². The van der Waals surface area contributed by atoms with Crippen molar-refractivity contribution in [3.63, 3.8) is 0 Å². The number of hydrogen-bond acceptors (Lipinski definition) is 3. The molecule has 0 spiro atoms. The summed E-state index contributed by atoms with van der Waals surface area (Å²) in [6, 6.07) is 6.55. The van der Waals surface area contributed by atoms with E-state index in [1.54, 1.807) is 17.0 Å². The SMILES string of the molecule is CC(=O)N(CCNS(=O)(=O)c1ccccc1Cl)C1CC1. The van der Waals surface area contributed by atoms with Gasteiger partial charge in [-0.05, 0) is 25.0 Å². The van der Waals surface area contributed by atoms with Crippen LogP contribution < -0.4 is 4.72 Å². The monoisotopic (exact) mass is 316 g/mol. The predicted molar refractivity (Wildman–Crippen MR) is 77.0 cm³/mol. The van der Waals surface area contributed by atoms with Crippen molar-refractivity contribution in [2.75, 3.05) is 13.1 Å². The number of amides is 1. The van der Waals surface area contributed by atoms with Crippen LogP contribution in [-0.2, 0) is 14.8 Å². The first-order valence-corrected chi connectivity index (χ1v) is 8.29. The van der Waals surface area contributed by atoms with E-state index in [0.29, 0.717) is 6.54 Å². The molecule has 2 rings (SSSR count). The second kappa shape index (κ2) is 6.11. The minimum atomic E-state index is -3.64. The first kappa shape index (κ1) is 15.3. The molecule has 0 aliphatic heterocycles. The van der Waals surface area contributed by atoms with Crippen molar-refractivity contribution in [1.29, 1.82) is 0 Å². The van der Waals surface area contributed by atoms with E-state index >= 15 is 0 Å². The molecule has 0 radical (unpaired) electrons. The fourth-order valence-electron chi connectivity index (χ4n) is 2.02. The van der Waals surface area contributed by atoms with Gasteiger partial charge in [0.2, 0.25) is 15.9 Å². The molecule has 0 heterocycles. The largest absolute Gasteiger partial charge is 0.339 e. The van der Waals surface area contributed by atoms with Gasteiger partial charge in [-0.15, -0.1) is 0 Å². The topological polar surface area (TPSA) is 66.5 Å². The van der Waals surface area contributed by atoms with Crippen LogP contribution in [0.2, 0.25) is 5.02 Å². The molecule has 0 bridgehead atoms. The predicted octanol–water partition coefficient (Wildman–Crippen LogP) is 1.63. The first-order valence-electron chi connectivity index (χ1n) is 6.43. The number of carbonyl (C=O) groups is 1. The van der Waals surface area contributed by atoms with Crippen molar-refractivity contribution in [3.8, 4) is 0 Å². The van der Waals surface area contributed by atoms with Crippen LogP contribution >= 0.6 is 11.6 Å². The van der Waals surface area contributed by atoms with Crippen LogP contribution in [0.3, 0.4) is 0 Å². The van der Waals surface area contributed by atoms with Gasteiger partial charge < -0.3 is 4.90 Å². The first-order chi connectivity index (χ1) is 9.42. The van der Waals surface area contributed by atoms with E-state index in [0.717, 1.165) is 12.8 Å². The Kier molecular flexibility index (Phi) is 4.67. The molecule has 1 aromatic carbocycles. The van der Waals surface area contributed by atoms with Crippen molar-refractivity contribution < 1.29 is 13.2 Å². The summed E-state index contributed by atoms with van der Waals surface area (Å²) in [5, 5.41) is 0.186. The molecular weight excluding hydrogens is 300 g/mol. The van der Waals surface area contributed by atoms with Gasteiger partial charge in [-0.2, -0.15) is 0 Å². The number of hydrogen-bond donors (Lipinski definition) is 1. The third-order valence-electron chi connectivity index (χ3n) is 3.16. The van der Waals surface area contributed by atoms with Gasteiger partial charge in [0.05, 0.1) is 5.02 Å². The lowest BCUT2D eigenvalue weighted by molar-refractivity contribution is -0.129. The zero-order valence-corrected chi connectivity index (χ0v) is 12.7. The highest BCUT2D eigenvalue weighted by Gasteiger charge is 2.30. The van der Waals surface area contributed by atoms with Gasteiger partial charge in [0.25, 0.3) is 0 Å². The number of sulfonamides is 1. The standard InChI is InChI=1S/C13H17ClN2O3S/c1-10(17)16(11-6-7-11)9-8-15-20(18,19)13-5-3-2-4-12(13)14/h2-5,11,15H,6-9H2,1H3. The van der Waals surface area contributed by atoms with E-state index < -0.39 is 10.0 Å². The van der Waals surface area contributed by atoms with Gasteiger partial charge in [0, 0.05) is 26.1 Å². The maximum atomic E-state index is 12.1. The molecular formula is C13H17ClN2O3S. The summed E-state index contributed by atoms with van der Waals surface area (Å²) < 4.78 is 26.7. The molecule has 110 valence electrons. The Morgan fingerprint density at radius 1 is 1.40 bits per heavy atom. The van der Waals surface area contributed by atoms with E-state index in [-0.39, 0.29) is 28.4 Å². The molecule has 7 heteroatoms. The van der Waals surface area contributed by atoms with Crippen LogP contribution in [0.4, 0.5) is 0 Å². The van der Waals surface area contributed by atoms with Crippen molar-refractivity contribution in [2.45, 2.75) is 30.7 Å². The Morgan fingerprint density at radius 2 is 2.05 bits per heavy atom. The van der Waals surface area contributed by atoms with E-state index in [1.165, 1.54) is 19.1 Å². The molecule has 1 aliphatic rings. The highest BCUT2D eigenvalue weighted by Crippen LogP contribution is 2.26. The fourth-order valence-corrected chi connectivity index (χ4v) is 3.56. The summed E-state index contributed by atoms with van der Waals surface area (Å²) in [6.45, 7) is 2.06. The second-order valence-electron chi connectivity index (χ2n) is 4.77. The van der Waals surface area contributed by atoms with Gasteiger partial charge in [-0.1, -0.05) is 23.7 Å². The molecule has 1 aromatic rings. The molecule has 0 atom stereocenters. The van der Waals surface area contributed by atoms with Crippen LogP contribution in [0.1, 0.15) is 19.8 Å². The fraction of sp³-hybridized carbons (Fsp3) is 0.462. The van der Waals surface area contributed by atoms with E-state index in [4.69, 9.17) is 11.6 Å². The third kappa shape index (κ3) is 3.71. The van der Waals surface area contributed by atoms with Gasteiger partial charge >= 0.3 is 0 Å². The summed E-state index contributed by atoms with van der Waals surface area (Å²) >= 11 is 5.88. The molecule has 0 unspecified atom stereocenters. The zero-order valence-electron chi connectivity index (χ0n) is 11.2. The van der Waals surface area contributed by atoms with Crippen molar-refractivity contribution in [2.24, 2.45) is 0 Å². The highest BCUT2D eigenvalue weighted by molar-refractivity contribution is 7.89. The summed E-state index contributed by atoms with van der Waals surface area (Å²) in [7, 11) is -3.64. The number of halogens is 1. The molecule has 5 nitrogen and oxygen atoms in total. The average molecular weight is 317 g/mol. The van der Waals surface area contributed by atoms with Crippen LogP contribution in [0.25, 0.3) is 0 Å². The van der Waals surface area contributed by atoms with Gasteiger partial charge in [-0.3, -0.25) is 4.79 Å². The second-order valence-corrected chi connectivity index (χ2v) is 6.91. The molecule has 20 heavy (non-hydrogen) atoms. The van der Waals surface area contributed by atoms with Crippen molar-refractivity contribution >= 4 is 27.5 Å². The summed E-state index contributed by atoms with van der Waals surface area (Å²) in [4.78, 5) is 13.2. The minimum absolute atomic E-state index is 0.0237. The maximum absolute atomic E-state index is 12.1. The molecule has 1 fully saturated rings. The van der Waals surface area contributed by atoms with Gasteiger partial charge in [0.15, 0.2) is 0 Å². The summed E-state index contributed by atoms with van der Waals surface area (Å²) in [5.74, 6) is -0.0237. The maximum Gasteiger partial charge on any atom is 0.242 e. The molecule has 1 N–H and O–H groups in total. The molecule has 0 saturated heterocycles. The number of nitrogens with zero attached hydrogens (tertiary/aromatic N) is 1. The number of carbonyl (C=O) groups excluding carboxylic acids is 1. The molecule has 0 aromatic heterocycles. The van der Waals surface area contributed by atoms with Crippen molar-refractivity contribution in [1.82, 2.24) is 9.62 Å². The van der Waals surface area contributed by atoms with Gasteiger partial charge in [0.1, 0.15) is 4.90 Å². The van der Waals surface area contributed by atoms with E-state index in [1.807, 2.05) is 0 Å². The van der Waals surface area contributed by atoms with Crippen LogP contribution in [0.15, 0.2) is 29.2 Å². The smallest absolute Gasteiger partial charge is 0.242 e. The Morgan fingerprint density at radius 3 is 2.60 bits per heavy atom. The summed E-state index contributed by atoms with van der Waals surface area (Å²) in [5.41, 5.74) is 0. The summed E-state index contributed by atoms with van der Waals surface area (Å²) in [6.07, 6.45) is 1.99.